The van der Waals surface area contributed by atoms with Gasteiger partial charge in [0.2, 0.25) is 0 Å². The topological polar surface area (TPSA) is 74.6 Å². The maximum atomic E-state index is 10.4. The maximum Gasteiger partial charge on any atom is 0.303 e. The highest BCUT2D eigenvalue weighted by atomic mass is 79.9. The summed E-state index contributed by atoms with van der Waals surface area (Å²) in [5.74, 6) is -1.39. The minimum atomic E-state index is -0.695. The van der Waals surface area contributed by atoms with Crippen LogP contribution in [0.2, 0.25) is 0 Å². The minimum absolute atomic E-state index is 0.293. The van der Waals surface area contributed by atoms with Gasteiger partial charge in [0.25, 0.3) is 0 Å². The van der Waals surface area contributed by atoms with Crippen molar-refractivity contribution in [3.63, 3.8) is 0 Å². The first-order valence-corrected chi connectivity index (χ1v) is 11.0. The molecule has 2 unspecified atom stereocenters. The number of carbonyl (C=O) groups is 2. The van der Waals surface area contributed by atoms with Gasteiger partial charge in [-0.05, 0) is 25.7 Å². The number of alkyl halides is 2. The van der Waals surface area contributed by atoms with Crippen LogP contribution in [0.25, 0.3) is 0 Å². The molecule has 0 aliphatic rings. The summed E-state index contributed by atoms with van der Waals surface area (Å²) in [7, 11) is 0. The van der Waals surface area contributed by atoms with Gasteiger partial charge in [-0.15, -0.1) is 0 Å². The summed E-state index contributed by atoms with van der Waals surface area (Å²) in [6.45, 7) is 0. The van der Waals surface area contributed by atoms with Gasteiger partial charge in [0.1, 0.15) is 0 Å². The van der Waals surface area contributed by atoms with Crippen molar-refractivity contribution in [2.24, 2.45) is 0 Å². The highest BCUT2D eigenvalue weighted by Gasteiger charge is 2.14. The van der Waals surface area contributed by atoms with E-state index in [1.54, 1.807) is 0 Å². The number of carboxylic acid groups (broad SMARTS) is 2. The number of rotatable bonds is 17. The van der Waals surface area contributed by atoms with Crippen LogP contribution in [0.3, 0.4) is 0 Å². The van der Waals surface area contributed by atoms with E-state index in [2.05, 4.69) is 31.9 Å². The Bertz CT molecular complexity index is 305. The van der Waals surface area contributed by atoms with E-state index in [9.17, 15) is 9.59 Å². The summed E-state index contributed by atoms with van der Waals surface area (Å²) in [6, 6.07) is 0. The van der Waals surface area contributed by atoms with Gasteiger partial charge in [0, 0.05) is 22.5 Å². The molecule has 0 rings (SSSR count). The second-order valence-corrected chi connectivity index (χ2v) is 8.78. The summed E-state index contributed by atoms with van der Waals surface area (Å²) < 4.78 is 0. The fourth-order valence-corrected chi connectivity index (χ4v) is 3.83. The number of hydrogen-bond acceptors (Lipinski definition) is 2. The SMILES string of the molecule is O=C(O)CCCCCCCC(Br)C(Br)CCCCCCCC(=O)O. The van der Waals surface area contributed by atoms with Gasteiger partial charge in [-0.1, -0.05) is 83.2 Å². The van der Waals surface area contributed by atoms with E-state index >= 15 is 0 Å². The van der Waals surface area contributed by atoms with Crippen molar-refractivity contribution in [1.29, 1.82) is 0 Å². The van der Waals surface area contributed by atoms with Gasteiger partial charge >= 0.3 is 11.9 Å². The Hall–Kier alpha value is -0.100. The summed E-state index contributed by atoms with van der Waals surface area (Å²) in [6.07, 6.45) is 13.4. The molecule has 2 atom stereocenters. The minimum Gasteiger partial charge on any atom is -0.481 e. The average Bonchev–Trinajstić information content (AvgIpc) is 2.51. The molecule has 0 saturated heterocycles. The molecule has 0 aromatic heterocycles. The Morgan fingerprint density at radius 3 is 1.21 bits per heavy atom. The molecule has 0 bridgehead atoms. The Kier molecular flexibility index (Phi) is 16.3. The van der Waals surface area contributed by atoms with Crippen LogP contribution in [-0.2, 0) is 9.59 Å². The third kappa shape index (κ3) is 16.7. The van der Waals surface area contributed by atoms with E-state index in [0.29, 0.717) is 22.5 Å². The van der Waals surface area contributed by atoms with Gasteiger partial charge in [-0.3, -0.25) is 9.59 Å². The smallest absolute Gasteiger partial charge is 0.303 e. The zero-order valence-electron chi connectivity index (χ0n) is 14.5. The predicted molar refractivity (Wildman–Crippen MR) is 105 cm³/mol. The molecule has 0 aromatic carbocycles. The molecule has 24 heavy (non-hydrogen) atoms. The largest absolute Gasteiger partial charge is 0.481 e. The molecule has 0 amide bonds. The molecule has 6 heteroatoms. The molecule has 0 spiro atoms. The van der Waals surface area contributed by atoms with Crippen LogP contribution >= 0.6 is 31.9 Å². The van der Waals surface area contributed by atoms with Gasteiger partial charge < -0.3 is 10.2 Å². The molecule has 0 aliphatic heterocycles. The standard InChI is InChI=1S/C18H32Br2O4/c19-15(11-7-3-1-5-9-13-17(21)22)16(20)12-8-4-2-6-10-14-18(23)24/h15-16H,1-14H2,(H,21,22)(H,23,24). The molecule has 0 fully saturated rings. The van der Waals surface area contributed by atoms with Gasteiger partial charge in [-0.25, -0.2) is 0 Å². The Balaban J connectivity index is 3.41. The Morgan fingerprint density at radius 1 is 0.583 bits per heavy atom. The lowest BCUT2D eigenvalue weighted by molar-refractivity contribution is -0.138. The van der Waals surface area contributed by atoms with Gasteiger partial charge in [-0.2, -0.15) is 0 Å². The molecule has 0 aromatic rings. The van der Waals surface area contributed by atoms with E-state index in [0.717, 1.165) is 51.4 Å². The molecule has 0 saturated carbocycles. The van der Waals surface area contributed by atoms with Crippen LogP contribution < -0.4 is 0 Å². The van der Waals surface area contributed by atoms with Crippen molar-refractivity contribution in [2.75, 3.05) is 0 Å². The number of halogens is 2. The first-order chi connectivity index (χ1) is 11.4. The molecule has 0 aliphatic carbocycles. The molecular formula is C18H32Br2O4. The van der Waals surface area contributed by atoms with E-state index in [1.807, 2.05) is 0 Å². The second-order valence-electron chi connectivity index (χ2n) is 6.43. The fraction of sp³-hybridized carbons (Fsp3) is 0.889. The zero-order valence-corrected chi connectivity index (χ0v) is 17.7. The van der Waals surface area contributed by atoms with Crippen LogP contribution in [0.5, 0.6) is 0 Å². The van der Waals surface area contributed by atoms with Crippen molar-refractivity contribution in [2.45, 2.75) is 99.5 Å². The molecule has 142 valence electrons. The fourth-order valence-electron chi connectivity index (χ4n) is 2.65. The summed E-state index contributed by atoms with van der Waals surface area (Å²) in [5, 5.41) is 17.1. The average molecular weight is 472 g/mol. The quantitative estimate of drug-likeness (QED) is 0.197. The molecular weight excluding hydrogens is 440 g/mol. The molecule has 2 N–H and O–H groups in total. The van der Waals surface area contributed by atoms with E-state index in [4.69, 9.17) is 10.2 Å². The third-order valence-corrected chi connectivity index (χ3v) is 7.03. The highest BCUT2D eigenvalue weighted by molar-refractivity contribution is 9.12. The van der Waals surface area contributed by atoms with E-state index < -0.39 is 11.9 Å². The zero-order chi connectivity index (χ0) is 18.2. The highest BCUT2D eigenvalue weighted by Crippen LogP contribution is 2.25. The number of aliphatic carboxylic acids is 2. The van der Waals surface area contributed by atoms with Crippen LogP contribution in [-0.4, -0.2) is 31.8 Å². The lowest BCUT2D eigenvalue weighted by atomic mass is 10.0. The van der Waals surface area contributed by atoms with Gasteiger partial charge in [0.15, 0.2) is 0 Å². The van der Waals surface area contributed by atoms with Crippen molar-refractivity contribution < 1.29 is 19.8 Å². The molecule has 4 nitrogen and oxygen atoms in total. The van der Waals surface area contributed by atoms with E-state index in [-0.39, 0.29) is 0 Å². The first-order valence-electron chi connectivity index (χ1n) is 9.15. The third-order valence-electron chi connectivity index (χ3n) is 4.13. The van der Waals surface area contributed by atoms with Crippen molar-refractivity contribution >= 4 is 43.8 Å². The predicted octanol–water partition coefficient (Wildman–Crippen LogP) is 6.14. The normalized spacial score (nSPS) is 13.6. The number of unbranched alkanes of at least 4 members (excludes halogenated alkanes) is 8. The van der Waals surface area contributed by atoms with Crippen molar-refractivity contribution in [1.82, 2.24) is 0 Å². The molecule has 0 radical (unpaired) electrons. The number of carboxylic acids is 2. The molecule has 0 heterocycles. The monoisotopic (exact) mass is 470 g/mol. The van der Waals surface area contributed by atoms with Crippen molar-refractivity contribution in [3.8, 4) is 0 Å². The van der Waals surface area contributed by atoms with Crippen LogP contribution in [0.15, 0.2) is 0 Å². The summed E-state index contributed by atoms with van der Waals surface area (Å²) in [5.41, 5.74) is 0. The van der Waals surface area contributed by atoms with Crippen molar-refractivity contribution in [3.05, 3.63) is 0 Å². The summed E-state index contributed by atoms with van der Waals surface area (Å²) >= 11 is 7.53. The van der Waals surface area contributed by atoms with Gasteiger partial charge in [0.05, 0.1) is 0 Å². The van der Waals surface area contributed by atoms with Crippen LogP contribution in [0.4, 0.5) is 0 Å². The maximum absolute atomic E-state index is 10.4. The van der Waals surface area contributed by atoms with Crippen LogP contribution in [0, 0.1) is 0 Å². The number of hydrogen-bond donors (Lipinski definition) is 2. The lowest BCUT2D eigenvalue weighted by Crippen LogP contribution is -2.13. The first kappa shape index (κ1) is 23.9. The second kappa shape index (κ2) is 16.4. The van der Waals surface area contributed by atoms with E-state index in [1.165, 1.54) is 25.7 Å². The lowest BCUT2D eigenvalue weighted by Gasteiger charge is -2.16. The summed E-state index contributed by atoms with van der Waals surface area (Å²) in [4.78, 5) is 21.8. The van der Waals surface area contributed by atoms with Crippen LogP contribution in [0.1, 0.15) is 89.9 Å². The Labute approximate surface area is 163 Å². The Morgan fingerprint density at radius 2 is 0.875 bits per heavy atom.